The molecule has 2 aliphatic heterocycles. The summed E-state index contributed by atoms with van der Waals surface area (Å²) in [5.74, 6) is -1.11. The number of carbonyl (C=O) groups excluding carboxylic acids is 1. The number of carbonyl (C=O) groups is 1. The minimum Gasteiger partial charge on any atom is -0.485 e. The van der Waals surface area contributed by atoms with Crippen molar-refractivity contribution in [2.24, 2.45) is 5.14 Å². The molecule has 1 aromatic heterocycles. The van der Waals surface area contributed by atoms with Crippen LogP contribution in [0.25, 0.3) is 22.6 Å². The zero-order valence-corrected chi connectivity index (χ0v) is 22.3. The van der Waals surface area contributed by atoms with Gasteiger partial charge in [-0.05, 0) is 42.0 Å². The summed E-state index contributed by atoms with van der Waals surface area (Å²) in [5.41, 5.74) is 0.946. The largest absolute Gasteiger partial charge is 0.485 e. The number of aromatic nitrogens is 1. The van der Waals surface area contributed by atoms with Crippen LogP contribution in [0.3, 0.4) is 0 Å². The highest BCUT2D eigenvalue weighted by Crippen LogP contribution is 2.44. The number of sulfonamides is 1. The van der Waals surface area contributed by atoms with Crippen LogP contribution in [0, 0.1) is 5.82 Å². The van der Waals surface area contributed by atoms with Crippen LogP contribution in [-0.4, -0.2) is 49.9 Å². The number of hydrogen-bond donors (Lipinski definition) is 2. The van der Waals surface area contributed by atoms with E-state index in [-0.39, 0.29) is 35.3 Å². The summed E-state index contributed by atoms with van der Waals surface area (Å²) >= 11 is 0. The number of ketones is 1. The molecule has 0 radical (unpaired) electrons. The summed E-state index contributed by atoms with van der Waals surface area (Å²) in [7, 11) is -3.90. The smallest absolute Gasteiger partial charge is 0.268 e. The molecule has 2 bridgehead atoms. The lowest BCUT2D eigenvalue weighted by atomic mass is 9.86. The number of primary sulfonamides is 1. The molecule has 2 aliphatic rings. The van der Waals surface area contributed by atoms with Gasteiger partial charge < -0.3 is 23.7 Å². The predicted octanol–water partition coefficient (Wildman–Crippen LogP) is 3.78. The highest BCUT2D eigenvalue weighted by atomic mass is 32.2. The monoisotopic (exact) mass is 580 g/mol. The van der Waals surface area contributed by atoms with Crippen LogP contribution in [0.2, 0.25) is 0 Å². The quantitative estimate of drug-likeness (QED) is 0.297. The molecule has 3 aromatic carbocycles. The van der Waals surface area contributed by atoms with Gasteiger partial charge in [0.1, 0.15) is 22.9 Å². The van der Waals surface area contributed by atoms with Crippen molar-refractivity contribution >= 4 is 15.8 Å². The highest BCUT2D eigenvalue weighted by molar-refractivity contribution is 7.89. The lowest BCUT2D eigenvalue weighted by Gasteiger charge is -2.34. The zero-order chi connectivity index (χ0) is 28.8. The van der Waals surface area contributed by atoms with E-state index in [9.17, 15) is 22.7 Å². The molecule has 0 aliphatic carbocycles. The molecule has 2 fully saturated rings. The van der Waals surface area contributed by atoms with E-state index in [1.807, 2.05) is 6.07 Å². The maximum atomic E-state index is 14.6. The van der Waals surface area contributed by atoms with Crippen molar-refractivity contribution in [2.75, 3.05) is 13.2 Å². The van der Waals surface area contributed by atoms with E-state index in [4.69, 9.17) is 23.8 Å². The number of ether oxygens (including phenoxy) is 3. The van der Waals surface area contributed by atoms with Gasteiger partial charge in [0.05, 0.1) is 17.6 Å². The molecule has 3 N–H and O–H groups in total. The summed E-state index contributed by atoms with van der Waals surface area (Å²) in [6.45, 7) is -0.340. The molecule has 3 heterocycles. The van der Waals surface area contributed by atoms with Crippen LogP contribution in [0.1, 0.15) is 29.1 Å². The van der Waals surface area contributed by atoms with Crippen LogP contribution in [0.15, 0.2) is 82.1 Å². The van der Waals surface area contributed by atoms with Gasteiger partial charge in [-0.15, -0.1) is 0 Å². The Morgan fingerprint density at radius 1 is 1.10 bits per heavy atom. The standard InChI is InChI=1S/C29H25FN2O8S/c30-20-10-19(29-14-21(33)13-25(40-29)38-16-29)11-22(12-20)37-15-24(34)28-32-26(17-4-2-1-3-5-17)27(39-28)18-6-8-23(9-7-18)41(31,35)36/h1-12,21,25,33H,13-16H2,(H2,31,35,36)/t21-,25-,29-/m1/s1. The molecule has 10 nitrogen and oxygen atoms in total. The van der Waals surface area contributed by atoms with Gasteiger partial charge in [0.15, 0.2) is 18.7 Å². The van der Waals surface area contributed by atoms with E-state index in [2.05, 4.69) is 4.98 Å². The fraction of sp³-hybridized carbons (Fsp3) is 0.241. The third-order valence-electron chi connectivity index (χ3n) is 7.01. The Morgan fingerprint density at radius 2 is 1.85 bits per heavy atom. The van der Waals surface area contributed by atoms with E-state index in [1.165, 1.54) is 30.3 Å². The molecule has 0 saturated carbocycles. The fourth-order valence-electron chi connectivity index (χ4n) is 5.07. The first kappa shape index (κ1) is 27.2. The van der Waals surface area contributed by atoms with Crippen molar-refractivity contribution < 1.29 is 41.3 Å². The fourth-order valence-corrected chi connectivity index (χ4v) is 5.58. The first-order chi connectivity index (χ1) is 19.6. The van der Waals surface area contributed by atoms with Gasteiger partial charge in [0.2, 0.25) is 10.0 Å². The number of aliphatic hydroxyl groups is 1. The number of Topliss-reactive ketones (excluding diaryl/α,β-unsaturated/α-hetero) is 1. The van der Waals surface area contributed by atoms with Gasteiger partial charge in [-0.3, -0.25) is 4.79 Å². The summed E-state index contributed by atoms with van der Waals surface area (Å²) in [6, 6.07) is 18.7. The third-order valence-corrected chi connectivity index (χ3v) is 7.94. The molecule has 212 valence electrons. The lowest BCUT2D eigenvalue weighted by Crippen LogP contribution is -2.39. The molecule has 6 rings (SSSR count). The lowest BCUT2D eigenvalue weighted by molar-refractivity contribution is -0.156. The minimum atomic E-state index is -3.90. The average molecular weight is 581 g/mol. The van der Waals surface area contributed by atoms with Gasteiger partial charge in [-0.25, -0.2) is 22.9 Å². The Balaban J connectivity index is 1.26. The Morgan fingerprint density at radius 3 is 2.59 bits per heavy atom. The normalized spacial score (nSPS) is 22.0. The van der Waals surface area contributed by atoms with Gasteiger partial charge in [0.25, 0.3) is 11.7 Å². The number of rotatable bonds is 8. The molecular formula is C29H25FN2O8S. The second kappa shape index (κ2) is 10.5. The van der Waals surface area contributed by atoms with E-state index < -0.39 is 46.2 Å². The van der Waals surface area contributed by atoms with Crippen molar-refractivity contribution in [2.45, 2.75) is 35.7 Å². The number of hydrogen-bond acceptors (Lipinski definition) is 9. The zero-order valence-electron chi connectivity index (χ0n) is 21.5. The van der Waals surface area contributed by atoms with E-state index >= 15 is 0 Å². The van der Waals surface area contributed by atoms with Crippen molar-refractivity contribution in [3.63, 3.8) is 0 Å². The van der Waals surface area contributed by atoms with Crippen molar-refractivity contribution in [1.29, 1.82) is 0 Å². The number of halogens is 1. The number of benzene rings is 3. The Labute approximate surface area is 234 Å². The molecule has 41 heavy (non-hydrogen) atoms. The highest BCUT2D eigenvalue weighted by Gasteiger charge is 2.49. The second-order valence-corrected chi connectivity index (χ2v) is 11.5. The molecular weight excluding hydrogens is 555 g/mol. The van der Waals surface area contributed by atoms with Crippen molar-refractivity contribution in [1.82, 2.24) is 4.98 Å². The number of nitrogens with zero attached hydrogens (tertiary/aromatic N) is 1. The van der Waals surface area contributed by atoms with Crippen LogP contribution in [0.4, 0.5) is 4.39 Å². The topological polar surface area (TPSA) is 151 Å². The summed E-state index contributed by atoms with van der Waals surface area (Å²) < 4.78 is 61.0. The van der Waals surface area contributed by atoms with E-state index in [0.717, 1.165) is 6.07 Å². The van der Waals surface area contributed by atoms with Gasteiger partial charge in [0, 0.05) is 30.0 Å². The molecule has 3 atom stereocenters. The van der Waals surface area contributed by atoms with Crippen molar-refractivity contribution in [3.8, 4) is 28.3 Å². The summed E-state index contributed by atoms with van der Waals surface area (Å²) in [5, 5.41) is 15.4. The van der Waals surface area contributed by atoms with E-state index in [0.29, 0.717) is 28.8 Å². The van der Waals surface area contributed by atoms with E-state index in [1.54, 1.807) is 30.3 Å². The third kappa shape index (κ3) is 5.52. The van der Waals surface area contributed by atoms with Crippen LogP contribution in [0.5, 0.6) is 5.75 Å². The maximum absolute atomic E-state index is 14.6. The predicted molar refractivity (Wildman–Crippen MR) is 143 cm³/mol. The average Bonchev–Trinajstić information content (AvgIpc) is 3.53. The number of oxazole rings is 1. The van der Waals surface area contributed by atoms with Crippen molar-refractivity contribution in [3.05, 3.63) is 90.1 Å². The van der Waals surface area contributed by atoms with Gasteiger partial charge in [-0.2, -0.15) is 0 Å². The van der Waals surface area contributed by atoms with Gasteiger partial charge in [-0.1, -0.05) is 30.3 Å². The molecule has 4 aromatic rings. The van der Waals surface area contributed by atoms with Crippen LogP contribution >= 0.6 is 0 Å². The number of fused-ring (bicyclic) bond motifs is 2. The maximum Gasteiger partial charge on any atom is 0.268 e. The first-order valence-corrected chi connectivity index (χ1v) is 14.3. The first-order valence-electron chi connectivity index (χ1n) is 12.7. The molecule has 0 spiro atoms. The molecule has 0 amide bonds. The molecule has 2 saturated heterocycles. The Hall–Kier alpha value is -3.94. The van der Waals surface area contributed by atoms with Gasteiger partial charge >= 0.3 is 0 Å². The molecule has 12 heteroatoms. The number of nitrogens with two attached hydrogens (primary N) is 1. The Kier molecular flexibility index (Phi) is 6.96. The number of aliphatic hydroxyl groups excluding tert-OH is 1. The summed E-state index contributed by atoms with van der Waals surface area (Å²) in [4.78, 5) is 17.5. The van der Waals surface area contributed by atoms with Crippen LogP contribution in [-0.2, 0) is 25.1 Å². The molecule has 0 unspecified atom stereocenters. The second-order valence-electron chi connectivity index (χ2n) is 9.97. The Bertz CT molecular complexity index is 1710. The SMILES string of the molecule is NS(=O)(=O)c1ccc(-c2oc(C(=O)COc3cc(F)cc([C@]45CO[C@@H](C[C@@H](O)C4)O5)c3)nc2-c2ccccc2)cc1. The summed E-state index contributed by atoms with van der Waals surface area (Å²) in [6.07, 6.45) is -0.639. The minimum absolute atomic E-state index is 0.0754. The van der Waals surface area contributed by atoms with Crippen LogP contribution < -0.4 is 9.88 Å².